The fraction of sp³-hybridized carbons (Fsp3) is 0.143. The fourth-order valence-electron chi connectivity index (χ4n) is 0. The molecule has 8 heavy (non-hydrogen) atoms. The second-order valence-corrected chi connectivity index (χ2v) is 0. The van der Waals surface area contributed by atoms with E-state index in [0.29, 0.717) is 0 Å². The van der Waals surface area contributed by atoms with Gasteiger partial charge in [-0.2, -0.15) is 0 Å². The summed E-state index contributed by atoms with van der Waals surface area (Å²) in [6, 6.07) is 0. The van der Waals surface area contributed by atoms with E-state index in [9.17, 15) is 0 Å². The molecule has 0 amide bonds. The Balaban J connectivity index is -0.0000000133. The molecule has 0 aromatic carbocycles. The molecule has 0 rings (SSSR count). The van der Waals surface area contributed by atoms with Crippen LogP contribution >= 0.6 is 0 Å². The lowest BCUT2D eigenvalue weighted by Gasteiger charge is -1.19. The van der Waals surface area contributed by atoms with Crippen LogP contribution in [0.5, 0.6) is 0 Å². The molecule has 0 aliphatic rings. The van der Waals surface area contributed by atoms with Crippen LogP contribution in [0.25, 0.3) is 0 Å². The quantitative estimate of drug-likeness (QED) is 0.480. The third-order valence-corrected chi connectivity index (χ3v) is 0. The third kappa shape index (κ3) is 135. The van der Waals surface area contributed by atoms with E-state index in [1.165, 1.54) is 7.05 Å². The van der Waals surface area contributed by atoms with Crippen LogP contribution in [0.15, 0.2) is 39.5 Å². The average Bonchev–Trinajstić information content (AvgIpc) is 2.03. The van der Waals surface area contributed by atoms with Crippen molar-refractivity contribution in [1.29, 1.82) is 0 Å². The van der Waals surface area contributed by atoms with Gasteiger partial charge in [-0.3, -0.25) is 0 Å². The van der Waals surface area contributed by atoms with Crippen LogP contribution in [0, 0.1) is 0 Å². The van der Waals surface area contributed by atoms with E-state index in [-0.39, 0.29) is 0 Å². The molecule has 0 unspecified atom stereocenters. The van der Waals surface area contributed by atoms with Crippen molar-refractivity contribution in [3.63, 3.8) is 0 Å². The minimum Gasteiger partial charge on any atom is -0.333 e. The van der Waals surface area contributed by atoms with E-state index in [1.807, 2.05) is 0 Å². The predicted molar refractivity (Wildman–Crippen MR) is 43.9 cm³/mol. The largest absolute Gasteiger partial charge is 0.333 e. The molecule has 2 N–H and O–H groups in total. The maximum Gasteiger partial charge on any atom is -0.0195 e. The molecule has 0 aliphatic heterocycles. The SMILES string of the molecule is C=C.C=C.C=C.CN. The van der Waals surface area contributed by atoms with Gasteiger partial charge in [-0.1, -0.05) is 0 Å². The molecule has 0 atom stereocenters. The Labute approximate surface area is 53.2 Å². The Morgan fingerprint density at radius 3 is 0.625 bits per heavy atom. The zero-order valence-electron chi connectivity index (χ0n) is 5.82. The van der Waals surface area contributed by atoms with Crippen molar-refractivity contribution in [2.45, 2.75) is 0 Å². The monoisotopic (exact) mass is 115 g/mol. The molecule has 0 spiro atoms. The average molecular weight is 115 g/mol. The maximum atomic E-state index is 4.50. The van der Waals surface area contributed by atoms with Crippen LogP contribution < -0.4 is 5.73 Å². The Bertz CT molecular complexity index is 9.10. The smallest absolute Gasteiger partial charge is 0.0195 e. The third-order valence-electron chi connectivity index (χ3n) is 0. The second-order valence-electron chi connectivity index (χ2n) is 0. The lowest BCUT2D eigenvalue weighted by molar-refractivity contribution is 1.48. The van der Waals surface area contributed by atoms with Gasteiger partial charge in [-0.15, -0.1) is 39.5 Å². The van der Waals surface area contributed by atoms with E-state index < -0.39 is 0 Å². The molecule has 1 nitrogen and oxygen atoms in total. The summed E-state index contributed by atoms with van der Waals surface area (Å²) >= 11 is 0. The summed E-state index contributed by atoms with van der Waals surface area (Å²) in [6.07, 6.45) is 0. The summed E-state index contributed by atoms with van der Waals surface area (Å²) < 4.78 is 0. The van der Waals surface area contributed by atoms with Crippen LogP contribution in [0.3, 0.4) is 0 Å². The normalized spacial score (nSPS) is 2.25. The van der Waals surface area contributed by atoms with Gasteiger partial charge in [0.05, 0.1) is 0 Å². The van der Waals surface area contributed by atoms with Gasteiger partial charge in [0.15, 0.2) is 0 Å². The summed E-state index contributed by atoms with van der Waals surface area (Å²) in [7, 11) is 1.50. The predicted octanol–water partition coefficient (Wildman–Crippen LogP) is 1.98. The minimum atomic E-state index is 1.50. The number of nitrogens with two attached hydrogens (primary N) is 1. The summed E-state index contributed by atoms with van der Waals surface area (Å²) in [5.41, 5.74) is 4.50. The highest BCUT2D eigenvalue weighted by Crippen LogP contribution is 0.866. The van der Waals surface area contributed by atoms with Gasteiger partial charge in [0.25, 0.3) is 0 Å². The Hall–Kier alpha value is -0.820. The lowest BCUT2D eigenvalue weighted by Crippen LogP contribution is -1.69. The van der Waals surface area contributed by atoms with Crippen molar-refractivity contribution in [2.24, 2.45) is 5.73 Å². The molecular weight excluding hydrogens is 98.1 g/mol. The summed E-state index contributed by atoms with van der Waals surface area (Å²) in [5.74, 6) is 0. The van der Waals surface area contributed by atoms with Gasteiger partial charge in [-0.05, 0) is 7.05 Å². The highest BCUT2D eigenvalue weighted by atomic mass is 14.4. The van der Waals surface area contributed by atoms with Crippen LogP contribution in [-0.2, 0) is 0 Å². The topological polar surface area (TPSA) is 26.0 Å². The first kappa shape index (κ1) is 27.1. The molecule has 0 aromatic rings. The van der Waals surface area contributed by atoms with Crippen molar-refractivity contribution in [3.8, 4) is 0 Å². The summed E-state index contributed by atoms with van der Waals surface area (Å²) in [5, 5.41) is 0. The van der Waals surface area contributed by atoms with Crippen LogP contribution in [0.1, 0.15) is 0 Å². The van der Waals surface area contributed by atoms with Crippen LogP contribution in [0.4, 0.5) is 0 Å². The van der Waals surface area contributed by atoms with E-state index in [1.54, 1.807) is 0 Å². The first-order valence-electron chi connectivity index (χ1n) is 2.08. The van der Waals surface area contributed by atoms with Gasteiger partial charge in [0.1, 0.15) is 0 Å². The van der Waals surface area contributed by atoms with Crippen LogP contribution in [-0.4, -0.2) is 7.05 Å². The number of rotatable bonds is 0. The van der Waals surface area contributed by atoms with Gasteiger partial charge in [0.2, 0.25) is 0 Å². The zero-order chi connectivity index (χ0) is 8.00. The molecule has 0 bridgehead atoms. The molecular formula is C7H17N. The lowest BCUT2D eigenvalue weighted by atomic mass is 11.3. The van der Waals surface area contributed by atoms with E-state index >= 15 is 0 Å². The maximum absolute atomic E-state index is 4.50. The highest BCUT2D eigenvalue weighted by molar-refractivity contribution is 4.22. The van der Waals surface area contributed by atoms with Crippen molar-refractivity contribution < 1.29 is 0 Å². The molecule has 0 saturated heterocycles. The molecule has 0 heterocycles. The van der Waals surface area contributed by atoms with Crippen molar-refractivity contribution in [1.82, 2.24) is 0 Å². The molecule has 0 saturated carbocycles. The fourth-order valence-corrected chi connectivity index (χ4v) is 0. The molecule has 0 aromatic heterocycles. The standard InChI is InChI=1S/3C2H4.CH5N/c4*1-2/h3*1-2H2;2H2,1H3. The Morgan fingerprint density at radius 1 is 0.625 bits per heavy atom. The number of hydrogen-bond donors (Lipinski definition) is 1. The van der Waals surface area contributed by atoms with E-state index in [4.69, 9.17) is 0 Å². The highest BCUT2D eigenvalue weighted by Gasteiger charge is 0.836. The second kappa shape index (κ2) is 247. The molecule has 0 aliphatic carbocycles. The molecule has 50 valence electrons. The first-order valence-corrected chi connectivity index (χ1v) is 2.08. The number of hydrogen-bond acceptors (Lipinski definition) is 1. The Kier molecular flexibility index (Phi) is 836. The van der Waals surface area contributed by atoms with Gasteiger partial charge in [-0.25, -0.2) is 0 Å². The Morgan fingerprint density at radius 2 is 0.625 bits per heavy atom. The first-order chi connectivity index (χ1) is 4.00. The summed E-state index contributed by atoms with van der Waals surface area (Å²) in [4.78, 5) is 0. The van der Waals surface area contributed by atoms with Gasteiger partial charge < -0.3 is 5.73 Å². The molecule has 0 radical (unpaired) electrons. The van der Waals surface area contributed by atoms with Crippen molar-refractivity contribution in [3.05, 3.63) is 39.5 Å². The van der Waals surface area contributed by atoms with Crippen molar-refractivity contribution in [2.75, 3.05) is 7.05 Å². The summed E-state index contributed by atoms with van der Waals surface area (Å²) in [6.45, 7) is 18.0. The van der Waals surface area contributed by atoms with E-state index in [0.717, 1.165) is 0 Å². The van der Waals surface area contributed by atoms with Gasteiger partial charge in [0, 0.05) is 0 Å². The van der Waals surface area contributed by atoms with Crippen molar-refractivity contribution >= 4 is 0 Å². The minimum absolute atomic E-state index is 1.50. The van der Waals surface area contributed by atoms with Crippen LogP contribution in [0.2, 0.25) is 0 Å². The molecule has 0 fully saturated rings. The van der Waals surface area contributed by atoms with Gasteiger partial charge >= 0.3 is 0 Å². The zero-order valence-corrected chi connectivity index (χ0v) is 5.82. The molecule has 1 heteroatoms. The van der Waals surface area contributed by atoms with E-state index in [2.05, 4.69) is 45.2 Å².